The fourth-order valence-corrected chi connectivity index (χ4v) is 2.18. The van der Waals surface area contributed by atoms with Crippen molar-refractivity contribution in [2.24, 2.45) is 0 Å². The summed E-state index contributed by atoms with van der Waals surface area (Å²) in [5.41, 5.74) is 0.0606. The van der Waals surface area contributed by atoms with Crippen molar-refractivity contribution in [2.45, 2.75) is 19.9 Å². The zero-order valence-electron chi connectivity index (χ0n) is 11.3. The molecule has 1 unspecified atom stereocenters. The third-order valence-electron chi connectivity index (χ3n) is 2.43. The van der Waals surface area contributed by atoms with E-state index in [1.165, 1.54) is 18.2 Å². The van der Waals surface area contributed by atoms with Crippen molar-refractivity contribution in [1.29, 1.82) is 0 Å². The molecule has 0 aliphatic rings. The van der Waals surface area contributed by atoms with E-state index in [1.807, 2.05) is 13.8 Å². The van der Waals surface area contributed by atoms with Crippen LogP contribution in [0.5, 0.6) is 5.75 Å². The first kappa shape index (κ1) is 16.2. The summed E-state index contributed by atoms with van der Waals surface area (Å²) >= 11 is 1.72. The van der Waals surface area contributed by atoms with E-state index in [9.17, 15) is 14.7 Å². The van der Waals surface area contributed by atoms with E-state index in [0.29, 0.717) is 5.69 Å². The van der Waals surface area contributed by atoms with Crippen molar-refractivity contribution in [3.8, 4) is 5.75 Å². The minimum absolute atomic E-state index is 0.0102. The standard InChI is InChI=1S/C13H18N2O4S/c1-3-20-7-8(2)14-13(19)15-9-4-5-11(16)10(6-9)12(17)18/h4-6,8,16H,3,7H2,1-2H3,(H,17,18)(H2,14,15,19). The van der Waals surface area contributed by atoms with Crippen LogP contribution in [0.1, 0.15) is 24.2 Å². The highest BCUT2D eigenvalue weighted by molar-refractivity contribution is 7.99. The van der Waals surface area contributed by atoms with E-state index in [2.05, 4.69) is 10.6 Å². The Morgan fingerprint density at radius 2 is 2.10 bits per heavy atom. The average molecular weight is 298 g/mol. The number of thioether (sulfide) groups is 1. The molecule has 0 saturated heterocycles. The van der Waals surface area contributed by atoms with Crippen molar-refractivity contribution >= 4 is 29.4 Å². The lowest BCUT2D eigenvalue weighted by Crippen LogP contribution is -2.37. The molecule has 1 rings (SSSR count). The number of amides is 2. The van der Waals surface area contributed by atoms with Gasteiger partial charge in [0.15, 0.2) is 0 Å². The number of hydrogen-bond donors (Lipinski definition) is 4. The Hall–Kier alpha value is -1.89. The number of aromatic hydroxyl groups is 1. The van der Waals surface area contributed by atoms with Gasteiger partial charge in [-0.3, -0.25) is 0 Å². The molecule has 0 aromatic heterocycles. The second-order valence-corrected chi connectivity index (χ2v) is 5.51. The Morgan fingerprint density at radius 1 is 1.40 bits per heavy atom. The minimum atomic E-state index is -1.25. The summed E-state index contributed by atoms with van der Waals surface area (Å²) in [4.78, 5) is 22.6. The summed E-state index contributed by atoms with van der Waals surface area (Å²) in [6.45, 7) is 3.93. The number of carbonyl (C=O) groups is 2. The second-order valence-electron chi connectivity index (χ2n) is 4.20. The highest BCUT2D eigenvalue weighted by Crippen LogP contribution is 2.21. The largest absolute Gasteiger partial charge is 0.507 e. The number of urea groups is 1. The lowest BCUT2D eigenvalue weighted by molar-refractivity contribution is 0.0693. The molecule has 6 nitrogen and oxygen atoms in total. The zero-order valence-corrected chi connectivity index (χ0v) is 12.2. The SMILES string of the molecule is CCSCC(C)NC(=O)Nc1ccc(O)c(C(=O)O)c1. The summed E-state index contributed by atoms with van der Waals surface area (Å²) in [6.07, 6.45) is 0. The first-order chi connectivity index (χ1) is 9.43. The van der Waals surface area contributed by atoms with Gasteiger partial charge in [0, 0.05) is 17.5 Å². The number of carbonyl (C=O) groups excluding carboxylic acids is 1. The maximum absolute atomic E-state index is 11.7. The molecule has 1 aromatic carbocycles. The van der Waals surface area contributed by atoms with Crippen LogP contribution < -0.4 is 10.6 Å². The molecule has 0 fully saturated rings. The normalized spacial score (nSPS) is 11.7. The van der Waals surface area contributed by atoms with Crippen LogP contribution in [-0.2, 0) is 0 Å². The van der Waals surface area contributed by atoms with Crippen LogP contribution in [0.4, 0.5) is 10.5 Å². The van der Waals surface area contributed by atoms with E-state index in [-0.39, 0.29) is 17.4 Å². The molecule has 0 bridgehead atoms. The third kappa shape index (κ3) is 5.00. The molecule has 0 radical (unpaired) electrons. The molecule has 20 heavy (non-hydrogen) atoms. The van der Waals surface area contributed by atoms with Gasteiger partial charge in [-0.2, -0.15) is 11.8 Å². The van der Waals surface area contributed by atoms with E-state index in [1.54, 1.807) is 11.8 Å². The van der Waals surface area contributed by atoms with E-state index in [4.69, 9.17) is 5.11 Å². The number of rotatable bonds is 6. The molecule has 110 valence electrons. The average Bonchev–Trinajstić information content (AvgIpc) is 2.38. The van der Waals surface area contributed by atoms with Crippen LogP contribution in [0.3, 0.4) is 0 Å². The molecular formula is C13H18N2O4S. The number of nitrogens with one attached hydrogen (secondary N) is 2. The number of benzene rings is 1. The molecule has 0 heterocycles. The van der Waals surface area contributed by atoms with Crippen molar-refractivity contribution in [3.05, 3.63) is 23.8 Å². The van der Waals surface area contributed by atoms with Gasteiger partial charge in [0.25, 0.3) is 0 Å². The molecule has 1 atom stereocenters. The maximum atomic E-state index is 11.7. The van der Waals surface area contributed by atoms with Crippen LogP contribution in [0.15, 0.2) is 18.2 Å². The summed E-state index contributed by atoms with van der Waals surface area (Å²) < 4.78 is 0. The molecule has 0 aliphatic carbocycles. The summed E-state index contributed by atoms with van der Waals surface area (Å²) in [6, 6.07) is 3.48. The predicted molar refractivity (Wildman–Crippen MR) is 79.7 cm³/mol. The lowest BCUT2D eigenvalue weighted by atomic mass is 10.2. The van der Waals surface area contributed by atoms with E-state index < -0.39 is 12.0 Å². The predicted octanol–water partition coefficient (Wildman–Crippen LogP) is 2.35. The van der Waals surface area contributed by atoms with Crippen LogP contribution in [0.2, 0.25) is 0 Å². The summed E-state index contributed by atoms with van der Waals surface area (Å²) in [7, 11) is 0. The number of carboxylic acids is 1. The van der Waals surface area contributed by atoms with Crippen molar-refractivity contribution in [3.63, 3.8) is 0 Å². The van der Waals surface area contributed by atoms with Crippen LogP contribution >= 0.6 is 11.8 Å². The molecule has 1 aromatic rings. The van der Waals surface area contributed by atoms with Gasteiger partial charge in [-0.05, 0) is 30.9 Å². The molecule has 2 amide bonds. The molecular weight excluding hydrogens is 280 g/mol. The van der Waals surface area contributed by atoms with Gasteiger partial charge < -0.3 is 20.8 Å². The first-order valence-corrected chi connectivity index (χ1v) is 7.31. The molecule has 0 aliphatic heterocycles. The Balaban J connectivity index is 2.62. The van der Waals surface area contributed by atoms with Crippen LogP contribution in [-0.4, -0.2) is 39.8 Å². The Labute approximate surface area is 121 Å². The maximum Gasteiger partial charge on any atom is 0.339 e. The number of anilines is 1. The molecule has 4 N–H and O–H groups in total. The Morgan fingerprint density at radius 3 is 2.70 bits per heavy atom. The fourth-order valence-electron chi connectivity index (χ4n) is 1.51. The van der Waals surface area contributed by atoms with Gasteiger partial charge in [0.1, 0.15) is 11.3 Å². The number of aromatic carboxylic acids is 1. The second kappa shape index (κ2) is 7.64. The zero-order chi connectivity index (χ0) is 15.1. The molecule has 7 heteroatoms. The van der Waals surface area contributed by atoms with Gasteiger partial charge >= 0.3 is 12.0 Å². The summed E-state index contributed by atoms with van der Waals surface area (Å²) in [5.74, 6) is 0.198. The van der Waals surface area contributed by atoms with Gasteiger partial charge in [-0.15, -0.1) is 0 Å². The van der Waals surface area contributed by atoms with E-state index >= 15 is 0 Å². The lowest BCUT2D eigenvalue weighted by Gasteiger charge is -2.14. The Bertz CT molecular complexity index is 493. The number of carboxylic acid groups (broad SMARTS) is 1. The minimum Gasteiger partial charge on any atom is -0.507 e. The smallest absolute Gasteiger partial charge is 0.339 e. The molecule has 0 saturated carbocycles. The van der Waals surface area contributed by atoms with Gasteiger partial charge in [0.2, 0.25) is 0 Å². The highest BCUT2D eigenvalue weighted by atomic mass is 32.2. The molecule has 0 spiro atoms. The van der Waals surface area contributed by atoms with Crippen LogP contribution in [0.25, 0.3) is 0 Å². The quantitative estimate of drug-likeness (QED) is 0.604. The van der Waals surface area contributed by atoms with Crippen LogP contribution in [0, 0.1) is 0 Å². The van der Waals surface area contributed by atoms with E-state index in [0.717, 1.165) is 11.5 Å². The summed E-state index contributed by atoms with van der Waals surface area (Å²) in [5, 5.41) is 23.5. The van der Waals surface area contributed by atoms with Gasteiger partial charge in [0.05, 0.1) is 0 Å². The Kier molecular flexibility index (Phi) is 6.17. The van der Waals surface area contributed by atoms with Crippen molar-refractivity contribution in [1.82, 2.24) is 5.32 Å². The first-order valence-electron chi connectivity index (χ1n) is 6.15. The highest BCUT2D eigenvalue weighted by Gasteiger charge is 2.12. The third-order valence-corrected chi connectivity index (χ3v) is 3.58. The fraction of sp³-hybridized carbons (Fsp3) is 0.385. The number of hydrogen-bond acceptors (Lipinski definition) is 4. The van der Waals surface area contributed by atoms with Gasteiger partial charge in [-0.25, -0.2) is 9.59 Å². The number of phenols is 1. The monoisotopic (exact) mass is 298 g/mol. The van der Waals surface area contributed by atoms with Crippen molar-refractivity contribution in [2.75, 3.05) is 16.8 Å². The van der Waals surface area contributed by atoms with Gasteiger partial charge in [-0.1, -0.05) is 6.92 Å². The topological polar surface area (TPSA) is 98.7 Å². The van der Waals surface area contributed by atoms with Crippen molar-refractivity contribution < 1.29 is 19.8 Å².